The highest BCUT2D eigenvalue weighted by Gasteiger charge is 2.19. The number of anilines is 1. The molecular weight excluding hydrogens is 318 g/mol. The van der Waals surface area contributed by atoms with Crippen LogP contribution in [0.5, 0.6) is 0 Å². The Kier molecular flexibility index (Phi) is 5.60. The van der Waals surface area contributed by atoms with Crippen LogP contribution in [0.15, 0.2) is 41.2 Å². The average molecular weight is 341 g/mol. The van der Waals surface area contributed by atoms with Gasteiger partial charge in [-0.05, 0) is 42.5 Å². The number of hydrogen-bond acceptors (Lipinski definition) is 4. The van der Waals surface area contributed by atoms with Gasteiger partial charge in [0.25, 0.3) is 11.5 Å². The third-order valence-corrected chi connectivity index (χ3v) is 4.47. The molecule has 2 atom stereocenters. The number of H-pyrrole nitrogens is 1. The Morgan fingerprint density at radius 3 is 2.96 bits per heavy atom. The van der Waals surface area contributed by atoms with Crippen molar-refractivity contribution in [3.63, 3.8) is 0 Å². The maximum atomic E-state index is 12.2. The molecule has 0 radical (unpaired) electrons. The van der Waals surface area contributed by atoms with Gasteiger partial charge in [-0.3, -0.25) is 9.59 Å². The summed E-state index contributed by atoms with van der Waals surface area (Å²) in [7, 11) is 0. The van der Waals surface area contributed by atoms with Crippen molar-refractivity contribution in [2.45, 2.75) is 45.3 Å². The lowest BCUT2D eigenvalue weighted by Gasteiger charge is -2.26. The summed E-state index contributed by atoms with van der Waals surface area (Å²) in [6, 6.07) is 10.3. The SMILES string of the molecule is C[C@@H]1CCC[C@@H](OCc2cccc(NC(=O)c3ccc(=O)[nH]n3)c2)C1. The highest BCUT2D eigenvalue weighted by molar-refractivity contribution is 6.02. The lowest BCUT2D eigenvalue weighted by Crippen LogP contribution is -2.21. The molecule has 132 valence electrons. The van der Waals surface area contributed by atoms with Gasteiger partial charge >= 0.3 is 0 Å². The zero-order chi connectivity index (χ0) is 17.6. The van der Waals surface area contributed by atoms with Crippen molar-refractivity contribution in [3.05, 3.63) is 58.0 Å². The fourth-order valence-electron chi connectivity index (χ4n) is 3.15. The predicted octanol–water partition coefficient (Wildman–Crippen LogP) is 3.12. The molecule has 1 aliphatic carbocycles. The lowest BCUT2D eigenvalue weighted by molar-refractivity contribution is 0.00468. The molecule has 6 nitrogen and oxygen atoms in total. The fraction of sp³-hybridized carbons (Fsp3) is 0.421. The van der Waals surface area contributed by atoms with Gasteiger partial charge in [-0.2, -0.15) is 5.10 Å². The minimum atomic E-state index is -0.365. The van der Waals surface area contributed by atoms with Crippen molar-refractivity contribution >= 4 is 11.6 Å². The number of aromatic amines is 1. The summed E-state index contributed by atoms with van der Waals surface area (Å²) in [4.78, 5) is 23.2. The minimum absolute atomic E-state index is 0.164. The molecule has 2 N–H and O–H groups in total. The van der Waals surface area contributed by atoms with E-state index in [1.165, 1.54) is 25.0 Å². The highest BCUT2D eigenvalue weighted by Crippen LogP contribution is 2.26. The molecule has 0 spiro atoms. The maximum absolute atomic E-state index is 12.2. The van der Waals surface area contributed by atoms with Crippen LogP contribution >= 0.6 is 0 Å². The number of benzene rings is 1. The first-order valence-electron chi connectivity index (χ1n) is 8.68. The molecular formula is C19H23N3O3. The van der Waals surface area contributed by atoms with E-state index < -0.39 is 0 Å². The molecule has 1 heterocycles. The van der Waals surface area contributed by atoms with E-state index in [0.29, 0.717) is 18.4 Å². The second-order valence-electron chi connectivity index (χ2n) is 6.67. The van der Waals surface area contributed by atoms with Gasteiger partial charge in [0.05, 0.1) is 12.7 Å². The predicted molar refractivity (Wildman–Crippen MR) is 95.5 cm³/mol. The van der Waals surface area contributed by atoms with E-state index >= 15 is 0 Å². The van der Waals surface area contributed by atoms with Gasteiger partial charge in [0.2, 0.25) is 0 Å². The monoisotopic (exact) mass is 341 g/mol. The second kappa shape index (κ2) is 8.07. The van der Waals surface area contributed by atoms with Crippen LogP contribution in [-0.4, -0.2) is 22.2 Å². The first-order chi connectivity index (χ1) is 12.1. The van der Waals surface area contributed by atoms with E-state index in [4.69, 9.17) is 4.74 Å². The second-order valence-corrected chi connectivity index (χ2v) is 6.67. The van der Waals surface area contributed by atoms with Crippen molar-refractivity contribution in [2.75, 3.05) is 5.32 Å². The van der Waals surface area contributed by atoms with Crippen LogP contribution in [0.25, 0.3) is 0 Å². The molecule has 1 aromatic carbocycles. The van der Waals surface area contributed by atoms with E-state index in [-0.39, 0.29) is 17.2 Å². The van der Waals surface area contributed by atoms with Gasteiger partial charge in [-0.25, -0.2) is 5.10 Å². The molecule has 2 aromatic rings. The standard InChI is InChI=1S/C19H23N3O3/c1-13-4-2-7-16(10-13)25-12-14-5-3-6-15(11-14)20-19(24)17-8-9-18(23)22-21-17/h3,5-6,8-9,11,13,16H,2,4,7,10,12H2,1H3,(H,20,24)(H,22,23)/t13-,16-/m1/s1. The third-order valence-electron chi connectivity index (χ3n) is 4.47. The first-order valence-corrected chi connectivity index (χ1v) is 8.68. The largest absolute Gasteiger partial charge is 0.374 e. The first kappa shape index (κ1) is 17.4. The summed E-state index contributed by atoms with van der Waals surface area (Å²) < 4.78 is 6.03. The molecule has 0 unspecified atom stereocenters. The summed E-state index contributed by atoms with van der Waals surface area (Å²) in [5, 5.41) is 8.76. The number of amides is 1. The molecule has 1 aromatic heterocycles. The molecule has 1 aliphatic rings. The van der Waals surface area contributed by atoms with Gasteiger partial charge in [-0.15, -0.1) is 0 Å². The molecule has 25 heavy (non-hydrogen) atoms. The molecule has 0 saturated heterocycles. The number of nitrogens with one attached hydrogen (secondary N) is 2. The van der Waals surface area contributed by atoms with E-state index in [1.807, 2.05) is 24.3 Å². The number of carbonyl (C=O) groups excluding carboxylic acids is 1. The minimum Gasteiger partial charge on any atom is -0.374 e. The van der Waals surface area contributed by atoms with Crippen molar-refractivity contribution in [3.8, 4) is 0 Å². The molecule has 6 heteroatoms. The van der Waals surface area contributed by atoms with Crippen molar-refractivity contribution in [1.29, 1.82) is 0 Å². The van der Waals surface area contributed by atoms with Gasteiger partial charge in [-0.1, -0.05) is 31.9 Å². The van der Waals surface area contributed by atoms with E-state index in [0.717, 1.165) is 24.3 Å². The van der Waals surface area contributed by atoms with Crippen LogP contribution in [0.3, 0.4) is 0 Å². The van der Waals surface area contributed by atoms with Crippen LogP contribution in [0.1, 0.15) is 48.7 Å². The zero-order valence-electron chi connectivity index (χ0n) is 14.3. The number of rotatable bonds is 5. The van der Waals surface area contributed by atoms with Crippen LogP contribution < -0.4 is 10.9 Å². The Labute approximate surface area is 146 Å². The molecule has 0 aliphatic heterocycles. The van der Waals surface area contributed by atoms with Crippen LogP contribution in [0.4, 0.5) is 5.69 Å². The number of aromatic nitrogens is 2. The smallest absolute Gasteiger partial charge is 0.276 e. The summed E-state index contributed by atoms with van der Waals surface area (Å²) in [6.07, 6.45) is 5.09. The average Bonchev–Trinajstić information content (AvgIpc) is 2.61. The van der Waals surface area contributed by atoms with Gasteiger partial charge in [0.1, 0.15) is 5.69 Å². The Morgan fingerprint density at radius 1 is 1.32 bits per heavy atom. The van der Waals surface area contributed by atoms with Crippen LogP contribution in [0.2, 0.25) is 0 Å². The Hall–Kier alpha value is -2.47. The highest BCUT2D eigenvalue weighted by atomic mass is 16.5. The molecule has 1 amide bonds. The quantitative estimate of drug-likeness (QED) is 0.875. The van der Waals surface area contributed by atoms with E-state index in [1.54, 1.807) is 0 Å². The number of ether oxygens (including phenoxy) is 1. The normalized spacial score (nSPS) is 20.2. The Morgan fingerprint density at radius 2 is 2.20 bits per heavy atom. The molecule has 1 saturated carbocycles. The van der Waals surface area contributed by atoms with Gasteiger partial charge in [0, 0.05) is 11.8 Å². The summed E-state index contributed by atoms with van der Waals surface area (Å²) in [5.41, 5.74) is 1.52. The van der Waals surface area contributed by atoms with Crippen molar-refractivity contribution < 1.29 is 9.53 Å². The number of nitrogens with zero attached hydrogens (tertiary/aromatic N) is 1. The molecule has 0 bridgehead atoms. The zero-order valence-corrected chi connectivity index (χ0v) is 14.3. The molecule has 1 fully saturated rings. The summed E-state index contributed by atoms with van der Waals surface area (Å²) in [6.45, 7) is 2.81. The molecule has 3 rings (SSSR count). The number of carbonyl (C=O) groups is 1. The fourth-order valence-corrected chi connectivity index (χ4v) is 3.15. The Balaban J connectivity index is 1.58. The third kappa shape index (κ3) is 5.00. The van der Waals surface area contributed by atoms with Gasteiger partial charge < -0.3 is 10.1 Å². The van der Waals surface area contributed by atoms with Crippen LogP contribution in [0, 0.1) is 5.92 Å². The number of hydrogen-bond donors (Lipinski definition) is 2. The lowest BCUT2D eigenvalue weighted by atomic mass is 9.89. The van der Waals surface area contributed by atoms with E-state index in [9.17, 15) is 9.59 Å². The summed E-state index contributed by atoms with van der Waals surface area (Å²) >= 11 is 0. The van der Waals surface area contributed by atoms with Crippen LogP contribution in [-0.2, 0) is 11.3 Å². The van der Waals surface area contributed by atoms with Crippen molar-refractivity contribution in [2.24, 2.45) is 5.92 Å². The topological polar surface area (TPSA) is 84.1 Å². The van der Waals surface area contributed by atoms with Gasteiger partial charge in [0.15, 0.2) is 0 Å². The summed E-state index contributed by atoms with van der Waals surface area (Å²) in [5.74, 6) is 0.365. The maximum Gasteiger partial charge on any atom is 0.276 e. The van der Waals surface area contributed by atoms with Crippen molar-refractivity contribution in [1.82, 2.24) is 10.2 Å². The van der Waals surface area contributed by atoms with E-state index in [2.05, 4.69) is 22.4 Å². The Bertz CT molecular complexity index is 767.